The fourth-order valence-corrected chi connectivity index (χ4v) is 0. The summed E-state index contributed by atoms with van der Waals surface area (Å²) in [5.74, 6) is 0. The molecular formula is C4H3Cl3F6. The Morgan fingerprint density at radius 1 is 1.00 bits per heavy atom. The Balaban J connectivity index is 0. The van der Waals surface area contributed by atoms with E-state index < -0.39 is 23.1 Å². The van der Waals surface area contributed by atoms with Crippen LogP contribution in [0.5, 0.6) is 0 Å². The van der Waals surface area contributed by atoms with Gasteiger partial charge in [-0.3, -0.25) is 0 Å². The summed E-state index contributed by atoms with van der Waals surface area (Å²) in [5.41, 5.74) is 0. The van der Waals surface area contributed by atoms with Crippen LogP contribution in [0.3, 0.4) is 0 Å². The normalized spacial score (nSPS) is 12.5. The molecule has 0 rings (SSSR count). The van der Waals surface area contributed by atoms with Crippen molar-refractivity contribution in [2.45, 2.75) is 16.4 Å². The van der Waals surface area contributed by atoms with E-state index in [1.807, 2.05) is 0 Å². The van der Waals surface area contributed by atoms with Gasteiger partial charge in [0, 0.05) is 0 Å². The molecule has 0 spiro atoms. The Labute approximate surface area is 84.7 Å². The van der Waals surface area contributed by atoms with Crippen molar-refractivity contribution in [2.24, 2.45) is 0 Å². The van der Waals surface area contributed by atoms with Crippen molar-refractivity contribution in [1.82, 2.24) is 0 Å². The molecule has 0 heterocycles. The second kappa shape index (κ2) is 6.03. The summed E-state index contributed by atoms with van der Waals surface area (Å²) in [6, 6.07) is 0. The lowest BCUT2D eigenvalue weighted by Gasteiger charge is -2.02. The highest BCUT2D eigenvalue weighted by Gasteiger charge is 2.37. The van der Waals surface area contributed by atoms with Crippen molar-refractivity contribution >= 4 is 34.8 Å². The van der Waals surface area contributed by atoms with Crippen LogP contribution in [-0.2, 0) is 0 Å². The molecule has 0 aliphatic carbocycles. The summed E-state index contributed by atoms with van der Waals surface area (Å²) in [4.78, 5) is 0. The molecule has 0 saturated carbocycles. The van der Waals surface area contributed by atoms with Crippen LogP contribution in [0.4, 0.5) is 26.3 Å². The molecule has 0 amide bonds. The molecular weight excluding hydrogens is 268 g/mol. The van der Waals surface area contributed by atoms with Gasteiger partial charge in [-0.25, -0.2) is 17.6 Å². The van der Waals surface area contributed by atoms with Crippen LogP contribution in [0.2, 0.25) is 0 Å². The highest BCUT2D eigenvalue weighted by Crippen LogP contribution is 2.26. The van der Waals surface area contributed by atoms with Crippen molar-refractivity contribution in [1.29, 1.82) is 0 Å². The van der Waals surface area contributed by atoms with Gasteiger partial charge in [-0.2, -0.15) is 8.78 Å². The Hall–Kier alpha value is 0.450. The smallest absolute Gasteiger partial charge is 0.245 e. The first-order valence-electron chi connectivity index (χ1n) is 2.48. The Morgan fingerprint density at radius 2 is 1.15 bits per heavy atom. The van der Waals surface area contributed by atoms with Gasteiger partial charge in [0.25, 0.3) is 4.59 Å². The van der Waals surface area contributed by atoms with Gasteiger partial charge in [0.2, 0.25) is 0 Å². The summed E-state index contributed by atoms with van der Waals surface area (Å²) in [7, 11) is 0. The third-order valence-corrected chi connectivity index (χ3v) is 0.766. The van der Waals surface area contributed by atoms with Crippen LogP contribution < -0.4 is 0 Å². The molecule has 0 saturated heterocycles. The molecule has 0 fully saturated rings. The van der Waals surface area contributed by atoms with Gasteiger partial charge in [0.05, 0.1) is 0 Å². The summed E-state index contributed by atoms with van der Waals surface area (Å²) < 4.78 is 62.5. The minimum atomic E-state index is -4.36. The second-order valence-corrected chi connectivity index (χ2v) is 3.49. The molecule has 0 N–H and O–H groups in total. The zero-order chi connectivity index (χ0) is 11.3. The van der Waals surface area contributed by atoms with Crippen LogP contribution in [0.15, 0.2) is 0 Å². The van der Waals surface area contributed by atoms with Crippen molar-refractivity contribution < 1.29 is 26.3 Å². The third-order valence-electron chi connectivity index (χ3n) is 0.399. The van der Waals surface area contributed by atoms with E-state index in [-0.39, 0.29) is 0 Å². The van der Waals surface area contributed by atoms with Gasteiger partial charge < -0.3 is 0 Å². The van der Waals surface area contributed by atoms with E-state index in [2.05, 4.69) is 34.8 Å². The van der Waals surface area contributed by atoms with Gasteiger partial charge in [-0.15, -0.1) is 0 Å². The highest BCUT2D eigenvalue weighted by atomic mass is 35.5. The van der Waals surface area contributed by atoms with Crippen molar-refractivity contribution in [2.75, 3.05) is 6.67 Å². The molecule has 0 aromatic heterocycles. The van der Waals surface area contributed by atoms with Crippen LogP contribution in [0, 0.1) is 0 Å². The number of rotatable bonds is 2. The zero-order valence-electron chi connectivity index (χ0n) is 5.69. The van der Waals surface area contributed by atoms with Crippen molar-refractivity contribution in [3.63, 3.8) is 0 Å². The maximum Gasteiger partial charge on any atom is 0.381 e. The van der Waals surface area contributed by atoms with Crippen LogP contribution in [0.1, 0.15) is 0 Å². The first-order valence-corrected chi connectivity index (χ1v) is 3.61. The molecule has 0 bridgehead atoms. The molecule has 0 nitrogen and oxygen atoms in total. The van der Waals surface area contributed by atoms with Gasteiger partial charge in [0.15, 0.2) is 6.67 Å². The summed E-state index contributed by atoms with van der Waals surface area (Å²) >= 11 is 12.7. The van der Waals surface area contributed by atoms with E-state index in [0.29, 0.717) is 0 Å². The molecule has 13 heavy (non-hydrogen) atoms. The SMILES string of the molecule is FC(F)C(F)(F)Cl.FCC(F)(Cl)Cl. The van der Waals surface area contributed by atoms with E-state index in [9.17, 15) is 26.3 Å². The fourth-order valence-electron chi connectivity index (χ4n) is 0. The maximum atomic E-state index is 11.3. The molecule has 0 aromatic rings. The Bertz CT molecular complexity index is 127. The van der Waals surface area contributed by atoms with E-state index in [1.165, 1.54) is 0 Å². The first-order chi connectivity index (χ1) is 5.50. The summed E-state index contributed by atoms with van der Waals surface area (Å²) in [6.07, 6.45) is -3.77. The van der Waals surface area contributed by atoms with Gasteiger partial charge in [0.1, 0.15) is 0 Å². The van der Waals surface area contributed by atoms with Crippen LogP contribution in [0.25, 0.3) is 0 Å². The monoisotopic (exact) mass is 270 g/mol. The van der Waals surface area contributed by atoms with Crippen molar-refractivity contribution in [3.05, 3.63) is 0 Å². The lowest BCUT2D eigenvalue weighted by molar-refractivity contribution is -0.0629. The minimum absolute atomic E-state index is 1.36. The number of alkyl halides is 9. The molecule has 9 heteroatoms. The first kappa shape index (κ1) is 15.9. The van der Waals surface area contributed by atoms with E-state index in [1.54, 1.807) is 0 Å². The second-order valence-electron chi connectivity index (χ2n) is 1.59. The quantitative estimate of drug-likeness (QED) is 0.523. The topological polar surface area (TPSA) is 0 Å². The minimum Gasteiger partial charge on any atom is -0.245 e. The average molecular weight is 271 g/mol. The summed E-state index contributed by atoms with van der Waals surface area (Å²) in [6.45, 7) is -1.36. The zero-order valence-corrected chi connectivity index (χ0v) is 7.95. The Kier molecular flexibility index (Phi) is 7.38. The molecule has 0 unspecified atom stereocenters. The van der Waals surface area contributed by atoms with E-state index >= 15 is 0 Å². The fraction of sp³-hybridized carbons (Fsp3) is 1.00. The third kappa shape index (κ3) is 15.2. The van der Waals surface area contributed by atoms with Crippen molar-refractivity contribution in [3.8, 4) is 0 Å². The predicted molar refractivity (Wildman–Crippen MR) is 38.3 cm³/mol. The molecule has 0 atom stereocenters. The average Bonchev–Trinajstić information content (AvgIpc) is 1.85. The highest BCUT2D eigenvalue weighted by molar-refractivity contribution is 6.47. The number of hydrogen-bond acceptors (Lipinski definition) is 0. The van der Waals surface area contributed by atoms with Gasteiger partial charge in [-0.05, 0) is 11.6 Å². The van der Waals surface area contributed by atoms with Crippen LogP contribution in [-0.4, -0.2) is 23.1 Å². The standard InChI is InChI=1S/C2H2Cl2F2.C2HClF4/c3-2(4,6)1-5;3-2(6,7)1(4)5/h1H2;1H. The molecule has 0 radical (unpaired) electrons. The van der Waals surface area contributed by atoms with E-state index in [4.69, 9.17) is 0 Å². The van der Waals surface area contributed by atoms with Gasteiger partial charge in [-0.1, -0.05) is 23.2 Å². The predicted octanol–water partition coefficient (Wildman–Crippen LogP) is 4.14. The maximum absolute atomic E-state index is 11.3. The lowest BCUT2D eigenvalue weighted by Crippen LogP contribution is -2.17. The van der Waals surface area contributed by atoms with Gasteiger partial charge >= 0.3 is 11.8 Å². The molecule has 0 aromatic carbocycles. The van der Waals surface area contributed by atoms with Crippen LogP contribution >= 0.6 is 34.8 Å². The molecule has 0 aliphatic heterocycles. The number of halogens is 9. The Morgan fingerprint density at radius 3 is 1.15 bits per heavy atom. The summed E-state index contributed by atoms with van der Waals surface area (Å²) in [5, 5.41) is -4.36. The molecule has 0 aliphatic rings. The number of hydrogen-bond donors (Lipinski definition) is 0. The largest absolute Gasteiger partial charge is 0.381 e. The lowest BCUT2D eigenvalue weighted by atomic mass is 10.7. The van der Waals surface area contributed by atoms with E-state index in [0.717, 1.165) is 0 Å². The molecule has 82 valence electrons.